The van der Waals surface area contributed by atoms with E-state index in [4.69, 9.17) is 37.4 Å². The fraction of sp³-hybridized carbons (Fsp3) is 0.179. The standard InChI is InChI=1S/C28H24Cl2N2O6S/c1-17-3-9-21(10-4-17)37-12-11-32-27(34)24(39-28(32)35)15-18-13-22(30)26(23(14-18)36-2)38-16-25(33)31-20-7-5-19(29)6-8-20/h3-10,13-15H,11-12,16H2,1-2H3,(H,31,33)/b24-15-. The lowest BCUT2D eigenvalue weighted by Crippen LogP contribution is -2.32. The number of nitrogens with one attached hydrogen (secondary N) is 1. The average molecular weight is 587 g/mol. The first-order valence-electron chi connectivity index (χ1n) is 11.7. The van der Waals surface area contributed by atoms with Gasteiger partial charge >= 0.3 is 0 Å². The maximum Gasteiger partial charge on any atom is 0.293 e. The molecule has 1 heterocycles. The zero-order valence-corrected chi connectivity index (χ0v) is 23.4. The van der Waals surface area contributed by atoms with Gasteiger partial charge in [-0.3, -0.25) is 19.3 Å². The highest BCUT2D eigenvalue weighted by molar-refractivity contribution is 8.18. The van der Waals surface area contributed by atoms with Crippen molar-refractivity contribution >= 4 is 63.8 Å². The zero-order chi connectivity index (χ0) is 27.9. The van der Waals surface area contributed by atoms with Crippen molar-refractivity contribution in [3.63, 3.8) is 0 Å². The molecule has 0 bridgehead atoms. The normalized spacial score (nSPS) is 14.1. The van der Waals surface area contributed by atoms with Crippen LogP contribution in [-0.4, -0.2) is 48.8 Å². The third-order valence-electron chi connectivity index (χ3n) is 5.50. The molecule has 3 aromatic carbocycles. The number of carbonyl (C=O) groups excluding carboxylic acids is 3. The molecule has 0 unspecified atom stereocenters. The Balaban J connectivity index is 1.38. The second-order valence-electron chi connectivity index (χ2n) is 8.37. The summed E-state index contributed by atoms with van der Waals surface area (Å²) in [6, 6.07) is 17.3. The highest BCUT2D eigenvalue weighted by Gasteiger charge is 2.35. The molecule has 1 aliphatic rings. The van der Waals surface area contributed by atoms with Gasteiger partial charge in [-0.05, 0) is 78.9 Å². The lowest BCUT2D eigenvalue weighted by atomic mass is 10.1. The van der Waals surface area contributed by atoms with Crippen molar-refractivity contribution in [2.75, 3.05) is 32.2 Å². The minimum atomic E-state index is -0.424. The van der Waals surface area contributed by atoms with Gasteiger partial charge in [0.1, 0.15) is 12.4 Å². The number of aryl methyl sites for hydroxylation is 1. The molecule has 1 fully saturated rings. The molecule has 11 heteroatoms. The molecule has 4 rings (SSSR count). The van der Waals surface area contributed by atoms with E-state index in [-0.39, 0.29) is 46.4 Å². The van der Waals surface area contributed by atoms with Crippen molar-refractivity contribution in [3.05, 3.63) is 86.7 Å². The van der Waals surface area contributed by atoms with Crippen molar-refractivity contribution in [2.24, 2.45) is 0 Å². The van der Waals surface area contributed by atoms with Gasteiger partial charge in [-0.1, -0.05) is 40.9 Å². The molecule has 0 aliphatic carbocycles. The number of hydrogen-bond acceptors (Lipinski definition) is 7. The number of methoxy groups -OCH3 is 1. The summed E-state index contributed by atoms with van der Waals surface area (Å²) in [5.41, 5.74) is 2.20. The van der Waals surface area contributed by atoms with Gasteiger partial charge in [-0.25, -0.2) is 0 Å². The second-order valence-corrected chi connectivity index (χ2v) is 10.2. The van der Waals surface area contributed by atoms with Crippen LogP contribution >= 0.6 is 35.0 Å². The number of halogens is 2. The van der Waals surface area contributed by atoms with Gasteiger partial charge in [0.05, 0.1) is 23.6 Å². The van der Waals surface area contributed by atoms with E-state index in [0.717, 1.165) is 22.2 Å². The minimum absolute atomic E-state index is 0.116. The largest absolute Gasteiger partial charge is 0.493 e. The molecule has 8 nitrogen and oxygen atoms in total. The summed E-state index contributed by atoms with van der Waals surface area (Å²) in [6.07, 6.45) is 1.55. The monoisotopic (exact) mass is 586 g/mol. The SMILES string of the molecule is COc1cc(/C=C2\SC(=O)N(CCOc3ccc(C)cc3)C2=O)cc(Cl)c1OCC(=O)Nc1ccc(Cl)cc1. The van der Waals surface area contributed by atoms with Crippen molar-refractivity contribution in [2.45, 2.75) is 6.92 Å². The predicted molar refractivity (Wildman–Crippen MR) is 153 cm³/mol. The maximum atomic E-state index is 12.9. The van der Waals surface area contributed by atoms with Gasteiger partial charge < -0.3 is 19.5 Å². The Bertz CT molecular complexity index is 1410. The van der Waals surface area contributed by atoms with E-state index in [0.29, 0.717) is 22.0 Å². The first kappa shape index (κ1) is 28.4. The Kier molecular flexibility index (Phi) is 9.40. The number of benzene rings is 3. The predicted octanol–water partition coefficient (Wildman–Crippen LogP) is 6.44. The second kappa shape index (κ2) is 12.9. The summed E-state index contributed by atoms with van der Waals surface area (Å²) in [7, 11) is 1.43. The maximum absolute atomic E-state index is 12.9. The lowest BCUT2D eigenvalue weighted by molar-refractivity contribution is -0.123. The smallest absolute Gasteiger partial charge is 0.293 e. The average Bonchev–Trinajstić information content (AvgIpc) is 3.17. The van der Waals surface area contributed by atoms with Crippen LogP contribution in [0.4, 0.5) is 10.5 Å². The number of amides is 3. The molecule has 1 saturated heterocycles. The Hall–Kier alpha value is -3.66. The number of imide groups is 1. The molecule has 0 saturated carbocycles. The number of hydrogen-bond donors (Lipinski definition) is 1. The van der Waals surface area contributed by atoms with Gasteiger partial charge in [0.2, 0.25) is 0 Å². The van der Waals surface area contributed by atoms with Crippen LogP contribution in [0.2, 0.25) is 10.0 Å². The van der Waals surface area contributed by atoms with E-state index in [1.54, 1.807) is 42.5 Å². The lowest BCUT2D eigenvalue weighted by Gasteiger charge is -2.14. The van der Waals surface area contributed by atoms with Crippen LogP contribution in [0.1, 0.15) is 11.1 Å². The molecule has 1 aliphatic heterocycles. The summed E-state index contributed by atoms with van der Waals surface area (Å²) in [5, 5.41) is 3.03. The number of rotatable bonds is 10. The third-order valence-corrected chi connectivity index (χ3v) is 6.94. The number of anilines is 1. The first-order chi connectivity index (χ1) is 18.7. The van der Waals surface area contributed by atoms with Gasteiger partial charge in [0.15, 0.2) is 18.1 Å². The molecule has 0 aromatic heterocycles. The molecular weight excluding hydrogens is 563 g/mol. The van der Waals surface area contributed by atoms with E-state index in [2.05, 4.69) is 5.32 Å². The number of nitrogens with zero attached hydrogens (tertiary/aromatic N) is 1. The first-order valence-corrected chi connectivity index (χ1v) is 13.3. The van der Waals surface area contributed by atoms with E-state index in [9.17, 15) is 14.4 Å². The fourth-order valence-electron chi connectivity index (χ4n) is 3.56. The summed E-state index contributed by atoms with van der Waals surface area (Å²) in [4.78, 5) is 39.0. The van der Waals surface area contributed by atoms with Crippen LogP contribution in [0.15, 0.2) is 65.6 Å². The van der Waals surface area contributed by atoms with E-state index < -0.39 is 11.8 Å². The Labute approximate surface area is 239 Å². The molecule has 202 valence electrons. The Morgan fingerprint density at radius 1 is 1.03 bits per heavy atom. The van der Waals surface area contributed by atoms with Crippen LogP contribution in [0.5, 0.6) is 17.2 Å². The van der Waals surface area contributed by atoms with E-state index in [1.807, 2.05) is 31.2 Å². The molecular formula is C28H24Cl2N2O6S. The summed E-state index contributed by atoms with van der Waals surface area (Å²) < 4.78 is 16.7. The Morgan fingerprint density at radius 3 is 2.44 bits per heavy atom. The van der Waals surface area contributed by atoms with Crippen LogP contribution in [0.25, 0.3) is 6.08 Å². The van der Waals surface area contributed by atoms with Crippen molar-refractivity contribution < 1.29 is 28.6 Å². The van der Waals surface area contributed by atoms with Crippen molar-refractivity contribution in [3.8, 4) is 17.2 Å². The van der Waals surface area contributed by atoms with Crippen LogP contribution in [-0.2, 0) is 9.59 Å². The van der Waals surface area contributed by atoms with Crippen LogP contribution in [0, 0.1) is 6.92 Å². The molecule has 0 spiro atoms. The van der Waals surface area contributed by atoms with E-state index in [1.165, 1.54) is 7.11 Å². The van der Waals surface area contributed by atoms with Gasteiger partial charge in [-0.2, -0.15) is 0 Å². The fourth-order valence-corrected chi connectivity index (χ4v) is 4.83. The Morgan fingerprint density at radius 2 is 1.74 bits per heavy atom. The quantitative estimate of drug-likeness (QED) is 0.273. The van der Waals surface area contributed by atoms with Gasteiger partial charge in [-0.15, -0.1) is 0 Å². The molecule has 39 heavy (non-hydrogen) atoms. The molecule has 3 amide bonds. The summed E-state index contributed by atoms with van der Waals surface area (Å²) in [6.45, 7) is 1.95. The zero-order valence-electron chi connectivity index (χ0n) is 21.0. The van der Waals surface area contributed by atoms with Crippen molar-refractivity contribution in [1.82, 2.24) is 4.90 Å². The number of carbonyl (C=O) groups is 3. The summed E-state index contributed by atoms with van der Waals surface area (Å²) in [5.74, 6) is 0.267. The van der Waals surface area contributed by atoms with Crippen LogP contribution < -0.4 is 19.5 Å². The minimum Gasteiger partial charge on any atom is -0.493 e. The van der Waals surface area contributed by atoms with Gasteiger partial charge in [0.25, 0.3) is 17.1 Å². The molecule has 0 atom stereocenters. The highest BCUT2D eigenvalue weighted by Crippen LogP contribution is 2.39. The summed E-state index contributed by atoms with van der Waals surface area (Å²) >= 11 is 13.1. The molecule has 1 N–H and O–H groups in total. The van der Waals surface area contributed by atoms with Gasteiger partial charge in [0, 0.05) is 10.7 Å². The molecule has 3 aromatic rings. The van der Waals surface area contributed by atoms with E-state index >= 15 is 0 Å². The van der Waals surface area contributed by atoms with Crippen LogP contribution in [0.3, 0.4) is 0 Å². The highest BCUT2D eigenvalue weighted by atomic mass is 35.5. The number of ether oxygens (including phenoxy) is 3. The molecule has 0 radical (unpaired) electrons. The third kappa shape index (κ3) is 7.47. The number of thioether (sulfide) groups is 1. The van der Waals surface area contributed by atoms with Crippen molar-refractivity contribution in [1.29, 1.82) is 0 Å². The topological polar surface area (TPSA) is 94.2 Å².